The van der Waals surface area contributed by atoms with Crippen molar-refractivity contribution in [1.29, 1.82) is 0 Å². The van der Waals surface area contributed by atoms with Crippen LogP contribution in [0.15, 0.2) is 49.1 Å². The number of nitrogens with zero attached hydrogens (tertiary/aromatic N) is 5. The first-order valence-corrected chi connectivity index (χ1v) is 12.8. The quantitative estimate of drug-likeness (QED) is 0.441. The van der Waals surface area contributed by atoms with Crippen molar-refractivity contribution in [3.05, 3.63) is 59.5 Å². The van der Waals surface area contributed by atoms with E-state index in [1.165, 1.54) is 15.8 Å². The summed E-state index contributed by atoms with van der Waals surface area (Å²) in [5.74, 6) is 0. The largest absolute Gasteiger partial charge is 0.395 e. The zero-order chi connectivity index (χ0) is 22.9. The van der Waals surface area contributed by atoms with Crippen LogP contribution in [0.4, 0.5) is 0 Å². The molecule has 2 atom stereocenters. The predicted octanol–water partition coefficient (Wildman–Crippen LogP) is 2.85. The molecule has 1 aromatic carbocycles. The minimum absolute atomic E-state index is 0.0283. The molecule has 2 saturated heterocycles. The second-order valence-electron chi connectivity index (χ2n) is 9.04. The van der Waals surface area contributed by atoms with E-state index in [1.807, 2.05) is 12.4 Å². The summed E-state index contributed by atoms with van der Waals surface area (Å²) in [6.45, 7) is 7.28. The molecule has 0 amide bonds. The molecule has 2 aliphatic rings. The lowest BCUT2D eigenvalue weighted by molar-refractivity contribution is -0.0840. The van der Waals surface area contributed by atoms with Gasteiger partial charge in [-0.05, 0) is 23.8 Å². The highest BCUT2D eigenvalue weighted by molar-refractivity contribution is 7.19. The minimum atomic E-state index is 0.0283. The maximum atomic E-state index is 9.36. The van der Waals surface area contributed by atoms with Crippen LogP contribution in [0.3, 0.4) is 0 Å². The standard InChI is InChI=1S/C25H30N6O2S/c32-12-10-29-6-8-30(9-7-29)25(23-14-21-24(34-23)15-26-17-28-21)31-11-13-33-22(16-31)19-2-1-3-20-18(19)4-5-27-20/h1-5,14-15,17,22,25,27,32H,6-13,16H2. The van der Waals surface area contributed by atoms with Crippen molar-refractivity contribution in [3.63, 3.8) is 0 Å². The van der Waals surface area contributed by atoms with E-state index in [0.29, 0.717) is 6.61 Å². The second kappa shape index (κ2) is 9.69. The van der Waals surface area contributed by atoms with Crippen molar-refractivity contribution in [2.75, 3.05) is 59.0 Å². The summed E-state index contributed by atoms with van der Waals surface area (Å²) in [4.78, 5) is 20.9. The molecule has 4 aromatic rings. The van der Waals surface area contributed by atoms with Crippen LogP contribution in [0.25, 0.3) is 21.1 Å². The number of aliphatic hydroxyl groups is 1. The number of β-amino-alcohol motifs (C(OH)–C–C–N with tert-alkyl or cyclic N) is 1. The third kappa shape index (κ3) is 4.24. The third-order valence-corrected chi connectivity index (χ3v) is 8.16. The summed E-state index contributed by atoms with van der Waals surface area (Å²) >= 11 is 1.80. The Kier molecular flexibility index (Phi) is 6.30. The first kappa shape index (κ1) is 22.1. The van der Waals surface area contributed by atoms with Gasteiger partial charge in [0.25, 0.3) is 0 Å². The van der Waals surface area contributed by atoms with Crippen LogP contribution in [0, 0.1) is 0 Å². The van der Waals surface area contributed by atoms with Crippen molar-refractivity contribution >= 4 is 32.5 Å². The molecular formula is C25H30N6O2S. The maximum absolute atomic E-state index is 9.36. The smallest absolute Gasteiger partial charge is 0.116 e. The highest BCUT2D eigenvalue weighted by atomic mass is 32.1. The SMILES string of the molecule is OCCN1CCN(C(c2cc3ncncc3s2)N2CCOC(c3cccc4[nH]ccc34)C2)CC1. The number of piperazine rings is 1. The Bertz CT molecular complexity index is 1220. The van der Waals surface area contributed by atoms with Crippen LogP contribution in [-0.2, 0) is 4.74 Å². The number of aromatic nitrogens is 3. The summed E-state index contributed by atoms with van der Waals surface area (Å²) in [5.41, 5.74) is 3.41. The van der Waals surface area contributed by atoms with Crippen molar-refractivity contribution in [3.8, 4) is 0 Å². The van der Waals surface area contributed by atoms with Gasteiger partial charge in [-0.3, -0.25) is 14.7 Å². The van der Waals surface area contributed by atoms with Gasteiger partial charge in [0.15, 0.2) is 0 Å². The number of hydrogen-bond acceptors (Lipinski definition) is 8. The molecule has 2 fully saturated rings. The zero-order valence-electron chi connectivity index (χ0n) is 19.1. The summed E-state index contributed by atoms with van der Waals surface area (Å²) in [6.07, 6.45) is 5.75. The van der Waals surface area contributed by atoms with Gasteiger partial charge in [-0.2, -0.15) is 0 Å². The fourth-order valence-corrected chi connectivity index (χ4v) is 6.52. The van der Waals surface area contributed by atoms with Crippen LogP contribution >= 0.6 is 11.3 Å². The first-order valence-electron chi connectivity index (χ1n) is 12.0. The molecule has 2 N–H and O–H groups in total. The summed E-state index contributed by atoms with van der Waals surface area (Å²) in [5, 5.41) is 10.6. The van der Waals surface area contributed by atoms with E-state index < -0.39 is 0 Å². The number of thiophene rings is 1. The van der Waals surface area contributed by atoms with Crippen LogP contribution < -0.4 is 0 Å². The van der Waals surface area contributed by atoms with Crippen molar-refractivity contribution in [1.82, 2.24) is 29.7 Å². The Hall–Kier alpha value is -2.40. The van der Waals surface area contributed by atoms with Crippen molar-refractivity contribution < 1.29 is 9.84 Å². The second-order valence-corrected chi connectivity index (χ2v) is 10.2. The van der Waals surface area contributed by atoms with Crippen LogP contribution in [-0.4, -0.2) is 93.8 Å². The Balaban J connectivity index is 1.31. The molecule has 8 nitrogen and oxygen atoms in total. The Labute approximate surface area is 202 Å². The van der Waals surface area contributed by atoms with Gasteiger partial charge >= 0.3 is 0 Å². The van der Waals surface area contributed by atoms with E-state index in [1.54, 1.807) is 17.7 Å². The Morgan fingerprint density at radius 3 is 2.91 bits per heavy atom. The van der Waals surface area contributed by atoms with Crippen molar-refractivity contribution in [2.24, 2.45) is 0 Å². The van der Waals surface area contributed by atoms with Gasteiger partial charge in [0.2, 0.25) is 0 Å². The van der Waals surface area contributed by atoms with Gasteiger partial charge in [0.05, 0.1) is 35.7 Å². The Morgan fingerprint density at radius 2 is 2.06 bits per heavy atom. The van der Waals surface area contributed by atoms with Crippen LogP contribution in [0.2, 0.25) is 0 Å². The fraction of sp³-hybridized carbons (Fsp3) is 0.440. The molecule has 6 rings (SSSR count). The molecule has 0 radical (unpaired) electrons. The number of ether oxygens (including phenoxy) is 1. The summed E-state index contributed by atoms with van der Waals surface area (Å²) in [6, 6.07) is 10.8. The van der Waals surface area contributed by atoms with E-state index in [-0.39, 0.29) is 18.9 Å². The van der Waals surface area contributed by atoms with E-state index in [0.717, 1.165) is 61.5 Å². The molecule has 2 aliphatic heterocycles. The minimum Gasteiger partial charge on any atom is -0.395 e. The number of aliphatic hydroxyl groups excluding tert-OH is 1. The molecule has 34 heavy (non-hydrogen) atoms. The molecular weight excluding hydrogens is 448 g/mol. The van der Waals surface area contributed by atoms with E-state index in [4.69, 9.17) is 4.74 Å². The molecule has 0 saturated carbocycles. The topological polar surface area (TPSA) is 80.8 Å². The number of benzene rings is 1. The summed E-state index contributed by atoms with van der Waals surface area (Å²) in [7, 11) is 0. The number of morpholine rings is 1. The van der Waals surface area contributed by atoms with E-state index in [9.17, 15) is 5.11 Å². The van der Waals surface area contributed by atoms with E-state index in [2.05, 4.69) is 60.0 Å². The molecule has 5 heterocycles. The maximum Gasteiger partial charge on any atom is 0.116 e. The molecule has 178 valence electrons. The third-order valence-electron chi connectivity index (χ3n) is 7.06. The van der Waals surface area contributed by atoms with Gasteiger partial charge in [0.1, 0.15) is 6.33 Å². The summed E-state index contributed by atoms with van der Waals surface area (Å²) < 4.78 is 7.45. The average molecular weight is 479 g/mol. The number of fused-ring (bicyclic) bond motifs is 2. The lowest BCUT2D eigenvalue weighted by Gasteiger charge is -2.46. The Morgan fingerprint density at radius 1 is 1.15 bits per heavy atom. The number of rotatable bonds is 6. The van der Waals surface area contributed by atoms with Gasteiger partial charge in [-0.15, -0.1) is 11.3 Å². The molecule has 0 spiro atoms. The van der Waals surface area contributed by atoms with Gasteiger partial charge in [0, 0.05) is 74.0 Å². The van der Waals surface area contributed by atoms with Gasteiger partial charge < -0.3 is 14.8 Å². The number of hydrogen-bond donors (Lipinski definition) is 2. The molecule has 9 heteroatoms. The fourth-order valence-electron chi connectivity index (χ4n) is 5.37. The highest BCUT2D eigenvalue weighted by Gasteiger charge is 2.35. The number of H-pyrrole nitrogens is 1. The lowest BCUT2D eigenvalue weighted by Crippen LogP contribution is -2.54. The van der Waals surface area contributed by atoms with Crippen LogP contribution in [0.5, 0.6) is 0 Å². The van der Waals surface area contributed by atoms with Crippen molar-refractivity contribution in [2.45, 2.75) is 12.3 Å². The molecule has 3 aromatic heterocycles. The average Bonchev–Trinajstić information content (AvgIpc) is 3.52. The van der Waals surface area contributed by atoms with Gasteiger partial charge in [-0.25, -0.2) is 9.97 Å². The highest BCUT2D eigenvalue weighted by Crippen LogP contribution is 2.38. The first-order chi connectivity index (χ1) is 16.8. The van der Waals surface area contributed by atoms with E-state index >= 15 is 0 Å². The van der Waals surface area contributed by atoms with Crippen LogP contribution in [0.1, 0.15) is 22.7 Å². The molecule has 0 bridgehead atoms. The number of aromatic amines is 1. The molecule has 0 aliphatic carbocycles. The lowest BCUT2D eigenvalue weighted by atomic mass is 10.0. The zero-order valence-corrected chi connectivity index (χ0v) is 20.0. The monoisotopic (exact) mass is 478 g/mol. The normalized spacial score (nSPS) is 22.0. The predicted molar refractivity (Wildman–Crippen MR) is 134 cm³/mol. The number of nitrogens with one attached hydrogen (secondary N) is 1. The molecule has 2 unspecified atom stereocenters. The van der Waals surface area contributed by atoms with Gasteiger partial charge in [-0.1, -0.05) is 12.1 Å².